The molecule has 0 fully saturated rings. The van der Waals surface area contributed by atoms with Gasteiger partial charge in [0.05, 0.1) is 12.7 Å². The predicted octanol–water partition coefficient (Wildman–Crippen LogP) is 8.89. The van der Waals surface area contributed by atoms with Gasteiger partial charge in [-0.05, 0) is 105 Å². The van der Waals surface area contributed by atoms with Crippen molar-refractivity contribution >= 4 is 28.4 Å². The molecule has 0 aromatic heterocycles. The van der Waals surface area contributed by atoms with Gasteiger partial charge in [0, 0.05) is 5.56 Å². The van der Waals surface area contributed by atoms with Crippen molar-refractivity contribution in [3.05, 3.63) is 95.1 Å². The number of aryl methyl sites for hydroxylation is 2. The number of benzene rings is 3. The van der Waals surface area contributed by atoms with Crippen molar-refractivity contribution in [2.75, 3.05) is 7.11 Å². The van der Waals surface area contributed by atoms with E-state index in [1.165, 1.54) is 12.5 Å². The van der Waals surface area contributed by atoms with Crippen LogP contribution in [-0.4, -0.2) is 35.5 Å². The van der Waals surface area contributed by atoms with Crippen LogP contribution in [-0.2, 0) is 17.0 Å². The lowest BCUT2D eigenvalue weighted by atomic mass is 10.1. The normalized spacial score (nSPS) is 14.1. The Morgan fingerprint density at radius 2 is 1.22 bits per heavy atom. The van der Waals surface area contributed by atoms with E-state index in [1.807, 2.05) is 36.4 Å². The number of ether oxygens (including phenoxy) is 2. The second-order valence-corrected chi connectivity index (χ2v) is 20.4. The van der Waals surface area contributed by atoms with Crippen LogP contribution < -0.4 is 9.47 Å². The minimum Gasteiger partial charge on any atom is -0.496 e. The van der Waals surface area contributed by atoms with Crippen LogP contribution in [0.25, 0.3) is 0 Å². The van der Waals surface area contributed by atoms with E-state index in [9.17, 15) is 9.59 Å². The number of esters is 1. The molecular weight excluding hydrogens is 545 g/mol. The number of para-hydroxylation sites is 2. The Labute approximate surface area is 248 Å². The molecule has 0 N–H and O–H groups in total. The zero-order valence-electron chi connectivity index (χ0n) is 25.6. The van der Waals surface area contributed by atoms with Crippen molar-refractivity contribution in [1.82, 2.24) is 0 Å². The van der Waals surface area contributed by atoms with Crippen molar-refractivity contribution < 1.29 is 23.2 Å². The van der Waals surface area contributed by atoms with E-state index in [2.05, 4.69) is 39.1 Å². The zero-order valence-corrected chi connectivity index (χ0v) is 27.6. The van der Waals surface area contributed by atoms with E-state index in [0.717, 1.165) is 61.2 Å². The summed E-state index contributed by atoms with van der Waals surface area (Å²) in [5, 5.41) is 0. The summed E-state index contributed by atoms with van der Waals surface area (Å²) >= 11 is 0. The molecular formula is C34H46O5Si2. The molecule has 3 aromatic rings. The Bertz CT molecular complexity index is 1310. The maximum Gasteiger partial charge on any atom is 0.343 e. The van der Waals surface area contributed by atoms with Gasteiger partial charge in [-0.3, -0.25) is 4.79 Å². The van der Waals surface area contributed by atoms with Gasteiger partial charge in [-0.25, -0.2) is 4.79 Å². The van der Waals surface area contributed by atoms with Crippen LogP contribution in [0.2, 0.25) is 37.3 Å². The number of ketones is 1. The zero-order chi connectivity index (χ0) is 29.9. The molecule has 0 aliphatic heterocycles. The highest BCUT2D eigenvalue weighted by molar-refractivity contribution is 6.86. The average Bonchev–Trinajstić information content (AvgIpc) is 2.98. The Hall–Kier alpha value is -3.01. The summed E-state index contributed by atoms with van der Waals surface area (Å²) in [6.45, 7) is 10.9. The van der Waals surface area contributed by atoms with Gasteiger partial charge in [0.1, 0.15) is 11.5 Å². The largest absolute Gasteiger partial charge is 0.496 e. The smallest absolute Gasteiger partial charge is 0.343 e. The third kappa shape index (κ3) is 9.52. The second-order valence-electron chi connectivity index (χ2n) is 11.4. The van der Waals surface area contributed by atoms with Gasteiger partial charge in [-0.15, -0.1) is 0 Å². The van der Waals surface area contributed by atoms with E-state index < -0.39 is 22.6 Å². The van der Waals surface area contributed by atoms with Crippen LogP contribution >= 0.6 is 0 Å². The van der Waals surface area contributed by atoms with Gasteiger partial charge in [-0.1, -0.05) is 62.4 Å². The van der Waals surface area contributed by atoms with E-state index in [-0.39, 0.29) is 5.78 Å². The molecule has 0 bridgehead atoms. The van der Waals surface area contributed by atoms with Gasteiger partial charge < -0.3 is 13.6 Å². The van der Waals surface area contributed by atoms with Gasteiger partial charge in [0.2, 0.25) is 0 Å². The summed E-state index contributed by atoms with van der Waals surface area (Å²) < 4.78 is 18.5. The summed E-state index contributed by atoms with van der Waals surface area (Å²) in [5.74, 6) is 1.02. The van der Waals surface area contributed by atoms with Crippen molar-refractivity contribution in [3.63, 3.8) is 0 Å². The summed E-state index contributed by atoms with van der Waals surface area (Å²) in [5.41, 5.74) is 3.16. The Morgan fingerprint density at radius 1 is 0.707 bits per heavy atom. The van der Waals surface area contributed by atoms with Crippen LogP contribution in [0.15, 0.2) is 72.8 Å². The molecule has 2 unspecified atom stereocenters. The van der Waals surface area contributed by atoms with E-state index >= 15 is 0 Å². The molecule has 41 heavy (non-hydrogen) atoms. The third-order valence-electron chi connectivity index (χ3n) is 8.16. The number of rotatable bonds is 16. The summed E-state index contributed by atoms with van der Waals surface area (Å²) in [6.07, 6.45) is 3.93. The molecule has 0 radical (unpaired) electrons. The highest BCUT2D eigenvalue weighted by Gasteiger charge is 2.37. The van der Waals surface area contributed by atoms with Crippen molar-refractivity contribution in [2.45, 2.75) is 83.7 Å². The van der Waals surface area contributed by atoms with Crippen LogP contribution in [0.1, 0.15) is 65.5 Å². The molecule has 0 aliphatic rings. The highest BCUT2D eigenvalue weighted by atomic mass is 28.4. The van der Waals surface area contributed by atoms with Gasteiger partial charge in [0.25, 0.3) is 0 Å². The van der Waals surface area contributed by atoms with Gasteiger partial charge >= 0.3 is 5.97 Å². The molecule has 0 aliphatic carbocycles. The Balaban J connectivity index is 1.59. The molecule has 0 spiro atoms. The minimum atomic E-state index is -1.90. The number of carbonyl (C=O) groups is 2. The predicted molar refractivity (Wildman–Crippen MR) is 172 cm³/mol. The first-order chi connectivity index (χ1) is 19.6. The molecule has 5 nitrogen and oxygen atoms in total. The van der Waals surface area contributed by atoms with Crippen molar-refractivity contribution in [1.29, 1.82) is 0 Å². The van der Waals surface area contributed by atoms with Crippen LogP contribution in [0.3, 0.4) is 0 Å². The molecule has 0 amide bonds. The molecule has 0 heterocycles. The highest BCUT2D eigenvalue weighted by Crippen LogP contribution is 2.32. The Morgan fingerprint density at radius 3 is 1.76 bits per heavy atom. The average molecular weight is 591 g/mol. The fourth-order valence-electron chi connectivity index (χ4n) is 5.24. The summed E-state index contributed by atoms with van der Waals surface area (Å²) in [4.78, 5) is 24.6. The van der Waals surface area contributed by atoms with Gasteiger partial charge in [-0.2, -0.15) is 0 Å². The SMILES string of the molecule is CC[Si](C)(CCCc1ccccc1OC)O[Si](C)(CC)CCCc1ccccc1OC(=O)c1cccc(C(C)=O)c1. The number of carbonyl (C=O) groups excluding carboxylic acids is 2. The van der Waals surface area contributed by atoms with E-state index in [1.54, 1.807) is 31.4 Å². The summed E-state index contributed by atoms with van der Waals surface area (Å²) in [6, 6.07) is 27.1. The molecule has 3 aromatic carbocycles. The first-order valence-electron chi connectivity index (χ1n) is 14.8. The van der Waals surface area contributed by atoms with E-state index in [0.29, 0.717) is 16.9 Å². The first kappa shape index (κ1) is 32.5. The van der Waals surface area contributed by atoms with Crippen LogP contribution in [0, 0.1) is 0 Å². The van der Waals surface area contributed by atoms with Crippen molar-refractivity contribution in [3.8, 4) is 11.5 Å². The standard InChI is InChI=1S/C34H46O5Si2/c1-7-40(5,24-14-20-28-16-9-11-22-32(28)37-4)39-41(6,8-2)25-15-21-29-17-10-12-23-33(29)38-34(36)31-19-13-18-30(26-31)27(3)35/h9-13,16-19,22-23,26H,7-8,14-15,20-21,24-25H2,1-6H3. The topological polar surface area (TPSA) is 61.8 Å². The monoisotopic (exact) mass is 590 g/mol. The molecule has 7 heteroatoms. The fraction of sp³-hybridized carbons (Fsp3) is 0.412. The first-order valence-corrected chi connectivity index (χ1v) is 20.5. The maximum atomic E-state index is 12.9. The molecule has 220 valence electrons. The minimum absolute atomic E-state index is 0.0796. The third-order valence-corrected chi connectivity index (χ3v) is 17.9. The number of Topliss-reactive ketones (excluding diaryl/α,β-unsaturated/α-hetero) is 1. The summed E-state index contributed by atoms with van der Waals surface area (Å²) in [7, 11) is -2.01. The lowest BCUT2D eigenvalue weighted by molar-refractivity contribution is 0.0733. The van der Waals surface area contributed by atoms with Crippen LogP contribution in [0.5, 0.6) is 11.5 Å². The quantitative estimate of drug-likeness (QED) is 0.0721. The van der Waals surface area contributed by atoms with E-state index in [4.69, 9.17) is 13.6 Å². The second kappa shape index (κ2) is 15.3. The van der Waals surface area contributed by atoms with Gasteiger partial charge in [0.15, 0.2) is 22.4 Å². The Kier molecular flexibility index (Phi) is 12.1. The maximum absolute atomic E-state index is 12.9. The molecule has 0 saturated carbocycles. The van der Waals surface area contributed by atoms with Crippen LogP contribution in [0.4, 0.5) is 0 Å². The lowest BCUT2D eigenvalue weighted by Crippen LogP contribution is -2.47. The number of methoxy groups -OCH3 is 1. The van der Waals surface area contributed by atoms with Crippen molar-refractivity contribution in [2.24, 2.45) is 0 Å². The number of hydrogen-bond acceptors (Lipinski definition) is 5. The molecule has 2 atom stereocenters. The number of hydrogen-bond donors (Lipinski definition) is 0. The molecule has 3 rings (SSSR count). The lowest BCUT2D eigenvalue weighted by Gasteiger charge is -2.38. The fourth-order valence-corrected chi connectivity index (χ4v) is 14.5. The molecule has 0 saturated heterocycles.